The van der Waals surface area contributed by atoms with Crippen molar-refractivity contribution >= 4 is 16.8 Å². The van der Waals surface area contributed by atoms with Crippen molar-refractivity contribution in [2.24, 2.45) is 0 Å². The molecule has 4 nitrogen and oxygen atoms in total. The molecule has 1 aromatic carbocycles. The molecule has 0 spiro atoms. The highest BCUT2D eigenvalue weighted by molar-refractivity contribution is 5.98. The Hall–Kier alpha value is -1.94. The molecule has 0 unspecified atom stereocenters. The van der Waals surface area contributed by atoms with Crippen LogP contribution >= 0.6 is 0 Å². The molecule has 2 N–H and O–H groups in total. The van der Waals surface area contributed by atoms with Crippen molar-refractivity contribution in [1.29, 1.82) is 0 Å². The first-order valence-corrected chi connectivity index (χ1v) is 6.22. The van der Waals surface area contributed by atoms with Gasteiger partial charge in [0.15, 0.2) is 0 Å². The summed E-state index contributed by atoms with van der Waals surface area (Å²) in [6, 6.07) is 9.26. The van der Waals surface area contributed by atoms with Crippen molar-refractivity contribution in [1.82, 2.24) is 10.3 Å². The predicted octanol–water partition coefficient (Wildman–Crippen LogP) is 2.04. The van der Waals surface area contributed by atoms with Crippen LogP contribution in [0.15, 0.2) is 30.3 Å². The number of benzene rings is 1. The zero-order valence-electron chi connectivity index (χ0n) is 11.4. The van der Waals surface area contributed by atoms with E-state index in [4.69, 9.17) is 5.11 Å². The molecule has 19 heavy (non-hydrogen) atoms. The number of fused-ring (bicyclic) bond motifs is 1. The molecular weight excluding hydrogens is 240 g/mol. The fraction of sp³-hybridized carbons (Fsp3) is 0.333. The smallest absolute Gasteiger partial charge is 0.251 e. The fourth-order valence-electron chi connectivity index (χ4n) is 1.79. The maximum Gasteiger partial charge on any atom is 0.251 e. The molecule has 0 saturated carbocycles. The standard InChI is InChI=1S/C15H18N2O2/c1-10-4-5-11-8-12(6-7-13(11)16-10)14(19)17-15(2,3)9-18/h4-8,18H,9H2,1-3H3,(H,17,19). The Balaban J connectivity index is 2.31. The summed E-state index contributed by atoms with van der Waals surface area (Å²) in [4.78, 5) is 16.5. The molecule has 2 aromatic rings. The van der Waals surface area contributed by atoms with E-state index >= 15 is 0 Å². The van der Waals surface area contributed by atoms with Gasteiger partial charge in [-0.05, 0) is 45.0 Å². The van der Waals surface area contributed by atoms with Crippen molar-refractivity contribution in [2.75, 3.05) is 6.61 Å². The summed E-state index contributed by atoms with van der Waals surface area (Å²) >= 11 is 0. The maximum atomic E-state index is 12.1. The number of rotatable bonds is 3. The molecule has 0 fully saturated rings. The lowest BCUT2D eigenvalue weighted by Gasteiger charge is -2.23. The number of hydrogen-bond acceptors (Lipinski definition) is 3. The molecular formula is C15H18N2O2. The van der Waals surface area contributed by atoms with Crippen LogP contribution in [0, 0.1) is 6.92 Å². The van der Waals surface area contributed by atoms with E-state index in [1.54, 1.807) is 19.9 Å². The average molecular weight is 258 g/mol. The minimum atomic E-state index is -0.627. The highest BCUT2D eigenvalue weighted by atomic mass is 16.3. The van der Waals surface area contributed by atoms with Gasteiger partial charge in [0.2, 0.25) is 0 Å². The van der Waals surface area contributed by atoms with Gasteiger partial charge in [-0.15, -0.1) is 0 Å². The molecule has 0 aliphatic carbocycles. The third-order valence-corrected chi connectivity index (χ3v) is 2.94. The van der Waals surface area contributed by atoms with Crippen LogP contribution in [0.4, 0.5) is 0 Å². The number of nitrogens with one attached hydrogen (secondary N) is 1. The molecule has 0 saturated heterocycles. The van der Waals surface area contributed by atoms with Crippen LogP contribution in [0.1, 0.15) is 29.9 Å². The third-order valence-electron chi connectivity index (χ3n) is 2.94. The van der Waals surface area contributed by atoms with Gasteiger partial charge >= 0.3 is 0 Å². The molecule has 1 amide bonds. The van der Waals surface area contributed by atoms with Crippen LogP contribution in [-0.2, 0) is 0 Å². The molecule has 0 radical (unpaired) electrons. The van der Waals surface area contributed by atoms with E-state index in [2.05, 4.69) is 10.3 Å². The van der Waals surface area contributed by atoms with Crippen LogP contribution in [0.2, 0.25) is 0 Å². The van der Waals surface area contributed by atoms with Crippen molar-refractivity contribution in [3.05, 3.63) is 41.6 Å². The summed E-state index contributed by atoms with van der Waals surface area (Å²) in [7, 11) is 0. The first-order chi connectivity index (χ1) is 8.91. The van der Waals surface area contributed by atoms with Gasteiger partial charge in [-0.25, -0.2) is 0 Å². The molecule has 1 heterocycles. The number of aliphatic hydroxyl groups excluding tert-OH is 1. The molecule has 0 aliphatic rings. The van der Waals surface area contributed by atoms with Crippen molar-refractivity contribution in [3.63, 3.8) is 0 Å². The highest BCUT2D eigenvalue weighted by Gasteiger charge is 2.20. The second kappa shape index (κ2) is 4.97. The monoisotopic (exact) mass is 258 g/mol. The Labute approximate surface area is 112 Å². The van der Waals surface area contributed by atoms with Gasteiger partial charge in [0.25, 0.3) is 5.91 Å². The Bertz CT molecular complexity index is 621. The number of carbonyl (C=O) groups excluding carboxylic acids is 1. The summed E-state index contributed by atoms with van der Waals surface area (Å²) in [5.41, 5.74) is 1.76. The number of amides is 1. The van der Waals surface area contributed by atoms with E-state index in [0.717, 1.165) is 16.6 Å². The minimum Gasteiger partial charge on any atom is -0.394 e. The number of pyridine rings is 1. The van der Waals surface area contributed by atoms with Gasteiger partial charge in [0, 0.05) is 16.6 Å². The van der Waals surface area contributed by atoms with Crippen LogP contribution < -0.4 is 5.32 Å². The van der Waals surface area contributed by atoms with Gasteiger partial charge < -0.3 is 10.4 Å². The fourth-order valence-corrected chi connectivity index (χ4v) is 1.79. The Morgan fingerprint density at radius 1 is 1.32 bits per heavy atom. The maximum absolute atomic E-state index is 12.1. The lowest BCUT2D eigenvalue weighted by atomic mass is 10.1. The predicted molar refractivity (Wildman–Crippen MR) is 75.1 cm³/mol. The highest BCUT2D eigenvalue weighted by Crippen LogP contribution is 2.15. The molecule has 2 rings (SSSR count). The van der Waals surface area contributed by atoms with E-state index in [9.17, 15) is 4.79 Å². The largest absolute Gasteiger partial charge is 0.394 e. The van der Waals surface area contributed by atoms with E-state index in [1.807, 2.05) is 31.2 Å². The zero-order valence-corrected chi connectivity index (χ0v) is 11.4. The van der Waals surface area contributed by atoms with Crippen LogP contribution in [0.5, 0.6) is 0 Å². The number of nitrogens with zero attached hydrogens (tertiary/aromatic N) is 1. The summed E-state index contributed by atoms with van der Waals surface area (Å²) < 4.78 is 0. The van der Waals surface area contributed by atoms with Gasteiger partial charge in [0.1, 0.15) is 0 Å². The Morgan fingerprint density at radius 2 is 2.05 bits per heavy atom. The quantitative estimate of drug-likeness (QED) is 0.885. The van der Waals surface area contributed by atoms with Crippen molar-refractivity contribution in [2.45, 2.75) is 26.3 Å². The van der Waals surface area contributed by atoms with Gasteiger partial charge in [-0.1, -0.05) is 6.07 Å². The SMILES string of the molecule is Cc1ccc2cc(C(=O)NC(C)(C)CO)ccc2n1. The van der Waals surface area contributed by atoms with Gasteiger partial charge in [-0.3, -0.25) is 9.78 Å². The van der Waals surface area contributed by atoms with Crippen molar-refractivity contribution in [3.8, 4) is 0 Å². The van der Waals surface area contributed by atoms with Gasteiger partial charge in [0.05, 0.1) is 17.7 Å². The van der Waals surface area contributed by atoms with Crippen LogP contribution in [0.3, 0.4) is 0 Å². The Kier molecular flexibility index (Phi) is 3.53. The van der Waals surface area contributed by atoms with E-state index in [0.29, 0.717) is 5.56 Å². The number of aliphatic hydroxyl groups is 1. The minimum absolute atomic E-state index is 0.104. The number of aromatic nitrogens is 1. The van der Waals surface area contributed by atoms with E-state index < -0.39 is 5.54 Å². The van der Waals surface area contributed by atoms with Crippen LogP contribution in [0.25, 0.3) is 10.9 Å². The van der Waals surface area contributed by atoms with E-state index in [-0.39, 0.29) is 12.5 Å². The Morgan fingerprint density at radius 3 is 2.74 bits per heavy atom. The normalized spacial score (nSPS) is 11.6. The number of aryl methyl sites for hydroxylation is 1. The second-order valence-corrected chi connectivity index (χ2v) is 5.36. The summed E-state index contributed by atoms with van der Waals surface area (Å²) in [5, 5.41) is 12.9. The van der Waals surface area contributed by atoms with Gasteiger partial charge in [-0.2, -0.15) is 0 Å². The second-order valence-electron chi connectivity index (χ2n) is 5.36. The number of hydrogen-bond donors (Lipinski definition) is 2. The molecule has 0 bridgehead atoms. The van der Waals surface area contributed by atoms with Crippen LogP contribution in [-0.4, -0.2) is 28.1 Å². The topological polar surface area (TPSA) is 62.2 Å². The first kappa shape index (κ1) is 13.5. The first-order valence-electron chi connectivity index (χ1n) is 6.22. The lowest BCUT2D eigenvalue weighted by Crippen LogP contribution is -2.46. The van der Waals surface area contributed by atoms with Crippen molar-refractivity contribution < 1.29 is 9.90 Å². The summed E-state index contributed by atoms with van der Waals surface area (Å²) in [6.07, 6.45) is 0. The lowest BCUT2D eigenvalue weighted by molar-refractivity contribution is 0.0869. The summed E-state index contributed by atoms with van der Waals surface area (Å²) in [5.74, 6) is -0.193. The van der Waals surface area contributed by atoms with E-state index in [1.165, 1.54) is 0 Å². The zero-order chi connectivity index (χ0) is 14.0. The summed E-state index contributed by atoms with van der Waals surface area (Å²) in [6.45, 7) is 5.38. The number of carbonyl (C=O) groups is 1. The molecule has 0 aliphatic heterocycles. The molecule has 0 atom stereocenters. The molecule has 4 heteroatoms. The third kappa shape index (κ3) is 3.09. The molecule has 100 valence electrons. The average Bonchev–Trinajstić information content (AvgIpc) is 2.37. The molecule has 1 aromatic heterocycles.